The molecule has 1 N–H and O–H groups in total. The number of benzene rings is 2. The van der Waals surface area contributed by atoms with Crippen molar-refractivity contribution in [2.24, 2.45) is 0 Å². The average molecular weight is 412 g/mol. The molecule has 5 nitrogen and oxygen atoms in total. The lowest BCUT2D eigenvalue weighted by Crippen LogP contribution is -2.03. The Morgan fingerprint density at radius 1 is 0.968 bits per heavy atom. The van der Waals surface area contributed by atoms with E-state index in [1.807, 2.05) is 60.8 Å². The number of anilines is 2. The van der Waals surface area contributed by atoms with Crippen LogP contribution in [0.15, 0.2) is 73.1 Å². The number of fused-ring (bicyclic) bond motifs is 1. The molecule has 0 spiro atoms. The van der Waals surface area contributed by atoms with Gasteiger partial charge in [0.15, 0.2) is 5.78 Å². The van der Waals surface area contributed by atoms with E-state index in [4.69, 9.17) is 4.74 Å². The van der Waals surface area contributed by atoms with Gasteiger partial charge < -0.3 is 10.1 Å². The van der Waals surface area contributed by atoms with E-state index in [2.05, 4.69) is 28.3 Å². The molecule has 2 heterocycles. The quantitative estimate of drug-likeness (QED) is 0.268. The number of unbranched alkanes of at least 4 members (excludes halogenated alkanes) is 1. The number of carbonyl (C=O) groups is 1. The minimum atomic E-state index is -0.0338. The minimum Gasteiger partial charge on any atom is -0.478 e. The van der Waals surface area contributed by atoms with Crippen molar-refractivity contribution in [2.45, 2.75) is 26.7 Å². The molecule has 4 rings (SSSR count). The Kier molecular flexibility index (Phi) is 6.22. The number of Topliss-reactive ketones (excluding diaryl/α,β-unsaturated/α-hetero) is 1. The Bertz CT molecular complexity index is 1190. The summed E-state index contributed by atoms with van der Waals surface area (Å²) in [6, 6.07) is 19.8. The van der Waals surface area contributed by atoms with E-state index in [9.17, 15) is 4.79 Å². The molecule has 0 saturated heterocycles. The highest BCUT2D eigenvalue weighted by Crippen LogP contribution is 2.33. The zero-order valence-corrected chi connectivity index (χ0v) is 17.8. The predicted octanol–water partition coefficient (Wildman–Crippen LogP) is 6.42. The molecule has 0 radical (unpaired) electrons. The molecule has 0 aliphatic heterocycles. The third kappa shape index (κ3) is 4.72. The number of hydrogen-bond donors (Lipinski definition) is 1. The van der Waals surface area contributed by atoms with Gasteiger partial charge in [0.25, 0.3) is 0 Å². The van der Waals surface area contributed by atoms with Gasteiger partial charge in [0.2, 0.25) is 5.88 Å². The van der Waals surface area contributed by atoms with Gasteiger partial charge in [0, 0.05) is 35.1 Å². The van der Waals surface area contributed by atoms with Gasteiger partial charge in [-0.3, -0.25) is 9.78 Å². The molecule has 156 valence electrons. The standard InChI is InChI=1S/C26H25N3O2/c1-3-4-14-31-25-13-11-20(16-28-25)19-10-12-24-22(15-19)26(23(17-27-24)18(2)30)29-21-8-6-5-7-9-21/h5-13,15-17H,3-4,14H2,1-2H3,(H,27,29). The van der Waals surface area contributed by atoms with Crippen LogP contribution in [0.4, 0.5) is 11.4 Å². The smallest absolute Gasteiger partial charge is 0.213 e. The monoisotopic (exact) mass is 411 g/mol. The minimum absolute atomic E-state index is 0.0338. The maximum atomic E-state index is 12.3. The van der Waals surface area contributed by atoms with Crippen LogP contribution in [0.1, 0.15) is 37.0 Å². The molecule has 5 heteroatoms. The van der Waals surface area contributed by atoms with Crippen LogP contribution >= 0.6 is 0 Å². The summed E-state index contributed by atoms with van der Waals surface area (Å²) in [6.07, 6.45) is 5.55. The zero-order chi connectivity index (χ0) is 21.6. The van der Waals surface area contributed by atoms with Crippen LogP contribution in [0.5, 0.6) is 5.88 Å². The topological polar surface area (TPSA) is 64.1 Å². The van der Waals surface area contributed by atoms with Crippen molar-refractivity contribution in [3.63, 3.8) is 0 Å². The molecule has 0 atom stereocenters. The highest BCUT2D eigenvalue weighted by Gasteiger charge is 2.14. The van der Waals surface area contributed by atoms with Crippen LogP contribution in [-0.2, 0) is 0 Å². The van der Waals surface area contributed by atoms with Gasteiger partial charge in [0.1, 0.15) is 0 Å². The van der Waals surface area contributed by atoms with E-state index in [-0.39, 0.29) is 5.78 Å². The first kappa shape index (κ1) is 20.5. The maximum Gasteiger partial charge on any atom is 0.213 e. The number of nitrogens with one attached hydrogen (secondary N) is 1. The molecule has 4 aromatic rings. The number of ketones is 1. The van der Waals surface area contributed by atoms with Crippen LogP contribution in [0.2, 0.25) is 0 Å². The predicted molar refractivity (Wildman–Crippen MR) is 125 cm³/mol. The maximum absolute atomic E-state index is 12.3. The van der Waals surface area contributed by atoms with Crippen molar-refractivity contribution in [3.05, 3.63) is 78.6 Å². The summed E-state index contributed by atoms with van der Waals surface area (Å²) in [5.74, 6) is 0.596. The number of pyridine rings is 2. The summed E-state index contributed by atoms with van der Waals surface area (Å²) in [5.41, 5.74) is 5.03. The normalized spacial score (nSPS) is 10.8. The first-order chi connectivity index (χ1) is 15.2. The Labute approximate surface area is 182 Å². The SMILES string of the molecule is CCCCOc1ccc(-c2ccc3ncc(C(C)=O)c(Nc4ccccc4)c3c2)cn1. The molecule has 0 bridgehead atoms. The van der Waals surface area contributed by atoms with Crippen LogP contribution < -0.4 is 10.1 Å². The third-order valence-electron chi connectivity index (χ3n) is 5.11. The van der Waals surface area contributed by atoms with Crippen LogP contribution in [0, 0.1) is 0 Å². The van der Waals surface area contributed by atoms with Gasteiger partial charge in [0.05, 0.1) is 23.4 Å². The number of hydrogen-bond acceptors (Lipinski definition) is 5. The second kappa shape index (κ2) is 9.39. The fourth-order valence-corrected chi connectivity index (χ4v) is 3.40. The molecule has 0 amide bonds. The summed E-state index contributed by atoms with van der Waals surface area (Å²) in [4.78, 5) is 21.2. The lowest BCUT2D eigenvalue weighted by molar-refractivity contribution is 0.101. The molecule has 2 aromatic carbocycles. The number of carbonyl (C=O) groups excluding carboxylic acids is 1. The second-order valence-corrected chi connectivity index (χ2v) is 7.41. The fourth-order valence-electron chi connectivity index (χ4n) is 3.40. The van der Waals surface area contributed by atoms with Crippen LogP contribution in [0.25, 0.3) is 22.0 Å². The van der Waals surface area contributed by atoms with Gasteiger partial charge in [-0.05, 0) is 49.2 Å². The largest absolute Gasteiger partial charge is 0.478 e. The summed E-state index contributed by atoms with van der Waals surface area (Å²) in [5, 5.41) is 4.30. The van der Waals surface area contributed by atoms with Gasteiger partial charge >= 0.3 is 0 Å². The summed E-state index contributed by atoms with van der Waals surface area (Å²) < 4.78 is 5.67. The molecule has 0 aliphatic rings. The van der Waals surface area contributed by atoms with E-state index in [0.717, 1.165) is 46.2 Å². The molecule has 0 fully saturated rings. The highest BCUT2D eigenvalue weighted by atomic mass is 16.5. The van der Waals surface area contributed by atoms with Crippen molar-refractivity contribution in [2.75, 3.05) is 11.9 Å². The lowest BCUT2D eigenvalue weighted by atomic mass is 10.0. The molecular formula is C26H25N3O2. The Balaban J connectivity index is 1.73. The van der Waals surface area contributed by atoms with Gasteiger partial charge in [-0.15, -0.1) is 0 Å². The number of nitrogens with zero attached hydrogens (tertiary/aromatic N) is 2. The molecule has 0 unspecified atom stereocenters. The molecule has 31 heavy (non-hydrogen) atoms. The summed E-state index contributed by atoms with van der Waals surface area (Å²) in [7, 11) is 0. The van der Waals surface area contributed by atoms with E-state index >= 15 is 0 Å². The van der Waals surface area contributed by atoms with Crippen LogP contribution in [0.3, 0.4) is 0 Å². The molecular weight excluding hydrogens is 386 g/mol. The van der Waals surface area contributed by atoms with Gasteiger partial charge in [-0.25, -0.2) is 4.98 Å². The van der Waals surface area contributed by atoms with Crippen molar-refractivity contribution in [1.29, 1.82) is 0 Å². The third-order valence-corrected chi connectivity index (χ3v) is 5.11. The highest BCUT2D eigenvalue weighted by molar-refractivity contribution is 6.08. The molecule has 0 aliphatic carbocycles. The van der Waals surface area contributed by atoms with Gasteiger partial charge in [-0.2, -0.15) is 0 Å². The number of para-hydroxylation sites is 1. The van der Waals surface area contributed by atoms with Crippen molar-refractivity contribution in [3.8, 4) is 17.0 Å². The first-order valence-electron chi connectivity index (χ1n) is 10.5. The Hall–Kier alpha value is -3.73. The number of rotatable bonds is 8. The van der Waals surface area contributed by atoms with Crippen molar-refractivity contribution < 1.29 is 9.53 Å². The average Bonchev–Trinajstić information content (AvgIpc) is 2.80. The summed E-state index contributed by atoms with van der Waals surface area (Å²) in [6.45, 7) is 4.36. The fraction of sp³-hybridized carbons (Fsp3) is 0.192. The molecule has 2 aromatic heterocycles. The second-order valence-electron chi connectivity index (χ2n) is 7.41. The van der Waals surface area contributed by atoms with Crippen molar-refractivity contribution >= 4 is 28.1 Å². The van der Waals surface area contributed by atoms with Crippen molar-refractivity contribution in [1.82, 2.24) is 9.97 Å². The van der Waals surface area contributed by atoms with E-state index in [1.54, 1.807) is 13.1 Å². The van der Waals surface area contributed by atoms with E-state index in [0.29, 0.717) is 18.1 Å². The number of ether oxygens (including phenoxy) is 1. The Morgan fingerprint density at radius 3 is 2.48 bits per heavy atom. The first-order valence-corrected chi connectivity index (χ1v) is 10.5. The summed E-state index contributed by atoms with van der Waals surface area (Å²) >= 11 is 0. The van der Waals surface area contributed by atoms with E-state index in [1.165, 1.54) is 0 Å². The Morgan fingerprint density at radius 2 is 1.77 bits per heavy atom. The van der Waals surface area contributed by atoms with E-state index < -0.39 is 0 Å². The number of aromatic nitrogens is 2. The zero-order valence-electron chi connectivity index (χ0n) is 17.8. The lowest BCUT2D eigenvalue weighted by Gasteiger charge is -2.14. The van der Waals surface area contributed by atoms with Gasteiger partial charge in [-0.1, -0.05) is 37.6 Å². The van der Waals surface area contributed by atoms with Crippen LogP contribution in [-0.4, -0.2) is 22.4 Å². The molecule has 0 saturated carbocycles.